The van der Waals surface area contributed by atoms with Crippen LogP contribution in [0.25, 0.3) is 22.2 Å². The first-order chi connectivity index (χ1) is 10.4. The first-order valence-corrected chi connectivity index (χ1v) is 7.95. The summed E-state index contributed by atoms with van der Waals surface area (Å²) < 4.78 is 0. The molecule has 1 N–H and O–H groups in total. The summed E-state index contributed by atoms with van der Waals surface area (Å²) in [5, 5.41) is 8.79. The second kappa shape index (κ2) is 5.36. The summed E-state index contributed by atoms with van der Waals surface area (Å²) in [5.74, 6) is 0.767. The Labute approximate surface area is 125 Å². The molecule has 0 spiro atoms. The van der Waals surface area contributed by atoms with Gasteiger partial charge in [0.15, 0.2) is 0 Å². The van der Waals surface area contributed by atoms with Gasteiger partial charge in [-0.3, -0.25) is 5.10 Å². The van der Waals surface area contributed by atoms with E-state index < -0.39 is 0 Å². The van der Waals surface area contributed by atoms with Crippen molar-refractivity contribution in [1.82, 2.24) is 10.2 Å². The summed E-state index contributed by atoms with van der Waals surface area (Å²) in [7, 11) is 0. The van der Waals surface area contributed by atoms with Gasteiger partial charge in [-0.25, -0.2) is 0 Å². The van der Waals surface area contributed by atoms with Gasteiger partial charge in [0, 0.05) is 10.9 Å². The predicted octanol–water partition coefficient (Wildman–Crippen LogP) is 5.28. The van der Waals surface area contributed by atoms with E-state index >= 15 is 0 Å². The molecule has 106 valence electrons. The lowest BCUT2D eigenvalue weighted by molar-refractivity contribution is 0.443. The Bertz CT molecular complexity index is 734. The number of benzene rings is 2. The standard InChI is InChI=1S/C19H20N2/c1-2-6-14(7-3-1)15-10-12-16(13-11-15)19-17-8-4-5-9-18(17)20-21-19/h4-5,8-14H,1-3,6-7H2,(H,20,21). The molecule has 0 bridgehead atoms. The zero-order valence-electron chi connectivity index (χ0n) is 12.2. The van der Waals surface area contributed by atoms with Crippen LogP contribution in [0.1, 0.15) is 43.6 Å². The predicted molar refractivity (Wildman–Crippen MR) is 87.4 cm³/mol. The van der Waals surface area contributed by atoms with E-state index in [1.54, 1.807) is 0 Å². The van der Waals surface area contributed by atoms with Crippen molar-refractivity contribution in [1.29, 1.82) is 0 Å². The summed E-state index contributed by atoms with van der Waals surface area (Å²) >= 11 is 0. The largest absolute Gasteiger partial charge is 0.277 e. The Morgan fingerprint density at radius 3 is 2.43 bits per heavy atom. The van der Waals surface area contributed by atoms with E-state index in [1.165, 1.54) is 48.6 Å². The summed E-state index contributed by atoms with van der Waals surface area (Å²) in [6.07, 6.45) is 6.88. The highest BCUT2D eigenvalue weighted by Crippen LogP contribution is 2.34. The highest BCUT2D eigenvalue weighted by atomic mass is 15.1. The van der Waals surface area contributed by atoms with E-state index in [9.17, 15) is 0 Å². The molecule has 2 heteroatoms. The van der Waals surface area contributed by atoms with Gasteiger partial charge < -0.3 is 0 Å². The van der Waals surface area contributed by atoms with Crippen LogP contribution in [-0.4, -0.2) is 10.2 Å². The van der Waals surface area contributed by atoms with Crippen LogP contribution in [-0.2, 0) is 0 Å². The number of aromatic amines is 1. The van der Waals surface area contributed by atoms with E-state index in [0.29, 0.717) is 0 Å². The maximum absolute atomic E-state index is 4.48. The molecule has 3 aromatic rings. The fourth-order valence-corrected chi connectivity index (χ4v) is 3.53. The third-order valence-electron chi connectivity index (χ3n) is 4.73. The molecule has 0 radical (unpaired) electrons. The Balaban J connectivity index is 1.67. The zero-order valence-corrected chi connectivity index (χ0v) is 12.2. The average molecular weight is 276 g/mol. The number of nitrogens with zero attached hydrogens (tertiary/aromatic N) is 1. The molecule has 4 rings (SSSR count). The van der Waals surface area contributed by atoms with Gasteiger partial charge in [-0.15, -0.1) is 0 Å². The lowest BCUT2D eigenvalue weighted by Crippen LogP contribution is -2.04. The fourth-order valence-electron chi connectivity index (χ4n) is 3.53. The molecule has 1 aliphatic carbocycles. The molecule has 2 nitrogen and oxygen atoms in total. The number of hydrogen-bond donors (Lipinski definition) is 1. The number of fused-ring (bicyclic) bond motifs is 1. The Kier molecular flexibility index (Phi) is 3.23. The maximum atomic E-state index is 4.48. The fraction of sp³-hybridized carbons (Fsp3) is 0.316. The summed E-state index contributed by atoms with van der Waals surface area (Å²) in [5.41, 5.74) is 4.86. The van der Waals surface area contributed by atoms with Crippen molar-refractivity contribution in [3.05, 3.63) is 54.1 Å². The van der Waals surface area contributed by atoms with Gasteiger partial charge in [-0.05, 0) is 30.4 Å². The molecule has 21 heavy (non-hydrogen) atoms. The van der Waals surface area contributed by atoms with Crippen molar-refractivity contribution in [2.45, 2.75) is 38.0 Å². The Morgan fingerprint density at radius 1 is 0.857 bits per heavy atom. The summed E-state index contributed by atoms with van der Waals surface area (Å²) in [6.45, 7) is 0. The van der Waals surface area contributed by atoms with Gasteiger partial charge in [0.1, 0.15) is 0 Å². The van der Waals surface area contributed by atoms with Gasteiger partial charge in [0.25, 0.3) is 0 Å². The topological polar surface area (TPSA) is 28.7 Å². The molecule has 2 aromatic carbocycles. The maximum Gasteiger partial charge on any atom is 0.0999 e. The molecule has 0 amide bonds. The van der Waals surface area contributed by atoms with Crippen molar-refractivity contribution in [2.24, 2.45) is 0 Å². The van der Waals surface area contributed by atoms with Crippen LogP contribution >= 0.6 is 0 Å². The number of H-pyrrole nitrogens is 1. The van der Waals surface area contributed by atoms with Crippen molar-refractivity contribution in [3.8, 4) is 11.3 Å². The molecule has 0 saturated heterocycles. The molecule has 1 heterocycles. The number of aromatic nitrogens is 2. The Morgan fingerprint density at radius 2 is 1.62 bits per heavy atom. The van der Waals surface area contributed by atoms with Gasteiger partial charge in [0.05, 0.1) is 11.2 Å². The number of para-hydroxylation sites is 1. The number of rotatable bonds is 2. The third kappa shape index (κ3) is 2.35. The average Bonchev–Trinajstić information content (AvgIpc) is 3.00. The molecule has 1 aliphatic rings. The minimum atomic E-state index is 0.767. The third-order valence-corrected chi connectivity index (χ3v) is 4.73. The van der Waals surface area contributed by atoms with Crippen molar-refractivity contribution in [3.63, 3.8) is 0 Å². The van der Waals surface area contributed by atoms with Crippen LogP contribution < -0.4 is 0 Å². The molecule has 0 aliphatic heterocycles. The quantitative estimate of drug-likeness (QED) is 0.678. The van der Waals surface area contributed by atoms with E-state index in [4.69, 9.17) is 0 Å². The van der Waals surface area contributed by atoms with E-state index in [1.807, 2.05) is 6.07 Å². The van der Waals surface area contributed by atoms with Crippen molar-refractivity contribution >= 4 is 10.9 Å². The van der Waals surface area contributed by atoms with Crippen LogP contribution in [0.4, 0.5) is 0 Å². The van der Waals surface area contributed by atoms with Crippen LogP contribution in [0.15, 0.2) is 48.5 Å². The lowest BCUT2D eigenvalue weighted by Gasteiger charge is -2.22. The second-order valence-electron chi connectivity index (χ2n) is 6.07. The monoisotopic (exact) mass is 276 g/mol. The molecular formula is C19H20N2. The van der Waals surface area contributed by atoms with Gasteiger partial charge >= 0.3 is 0 Å². The highest BCUT2D eigenvalue weighted by molar-refractivity contribution is 5.92. The van der Waals surface area contributed by atoms with Crippen molar-refractivity contribution < 1.29 is 0 Å². The van der Waals surface area contributed by atoms with Crippen LogP contribution in [0, 0.1) is 0 Å². The molecule has 0 unspecified atom stereocenters. The van der Waals surface area contributed by atoms with E-state index in [0.717, 1.165) is 17.1 Å². The molecule has 1 aromatic heterocycles. The molecule has 0 atom stereocenters. The first kappa shape index (κ1) is 12.6. The zero-order chi connectivity index (χ0) is 14.1. The van der Waals surface area contributed by atoms with Gasteiger partial charge in [-0.2, -0.15) is 5.10 Å². The number of nitrogens with one attached hydrogen (secondary N) is 1. The lowest BCUT2D eigenvalue weighted by atomic mass is 9.84. The normalized spacial score (nSPS) is 16.4. The van der Waals surface area contributed by atoms with Gasteiger partial charge in [-0.1, -0.05) is 61.7 Å². The molecule has 1 fully saturated rings. The van der Waals surface area contributed by atoms with Crippen LogP contribution in [0.5, 0.6) is 0 Å². The van der Waals surface area contributed by atoms with Crippen LogP contribution in [0.2, 0.25) is 0 Å². The smallest absolute Gasteiger partial charge is 0.0999 e. The van der Waals surface area contributed by atoms with Crippen molar-refractivity contribution in [2.75, 3.05) is 0 Å². The minimum absolute atomic E-state index is 0.767. The van der Waals surface area contributed by atoms with Gasteiger partial charge in [0.2, 0.25) is 0 Å². The Hall–Kier alpha value is -2.09. The molecule has 1 saturated carbocycles. The SMILES string of the molecule is c1ccc2c(-c3ccc(C4CCCCC4)cc3)n[nH]c2c1. The molecular weight excluding hydrogens is 256 g/mol. The van der Waals surface area contributed by atoms with E-state index in [2.05, 4.69) is 52.7 Å². The first-order valence-electron chi connectivity index (χ1n) is 7.95. The van der Waals surface area contributed by atoms with Crippen LogP contribution in [0.3, 0.4) is 0 Å². The number of hydrogen-bond acceptors (Lipinski definition) is 1. The second-order valence-corrected chi connectivity index (χ2v) is 6.07. The highest BCUT2D eigenvalue weighted by Gasteiger charge is 2.15. The van der Waals surface area contributed by atoms with E-state index in [-0.39, 0.29) is 0 Å². The minimum Gasteiger partial charge on any atom is -0.277 e. The summed E-state index contributed by atoms with van der Waals surface area (Å²) in [6, 6.07) is 17.4. The summed E-state index contributed by atoms with van der Waals surface area (Å²) in [4.78, 5) is 0.